The number of aryl methyl sites for hydroxylation is 2. The highest BCUT2D eigenvalue weighted by Crippen LogP contribution is 2.02. The van der Waals surface area contributed by atoms with Crippen molar-refractivity contribution in [3.05, 3.63) is 23.3 Å². The molecule has 0 aromatic carbocycles. The second-order valence-electron chi connectivity index (χ2n) is 3.96. The second kappa shape index (κ2) is 4.94. The molecule has 18 heavy (non-hydrogen) atoms. The van der Waals surface area contributed by atoms with Crippen molar-refractivity contribution in [3.63, 3.8) is 0 Å². The van der Waals surface area contributed by atoms with Gasteiger partial charge in [-0.1, -0.05) is 6.92 Å². The molecule has 0 unspecified atom stereocenters. The van der Waals surface area contributed by atoms with Crippen molar-refractivity contribution >= 4 is 5.91 Å². The number of carbonyl (C=O) groups is 1. The zero-order valence-corrected chi connectivity index (χ0v) is 10.6. The minimum atomic E-state index is -0.256. The van der Waals surface area contributed by atoms with Crippen LogP contribution in [0.4, 0.5) is 0 Å². The minimum absolute atomic E-state index is 0.168. The van der Waals surface area contributed by atoms with Crippen molar-refractivity contribution in [3.8, 4) is 0 Å². The van der Waals surface area contributed by atoms with Crippen LogP contribution in [0.15, 0.2) is 0 Å². The quantitative estimate of drug-likeness (QED) is 0.797. The molecule has 0 aliphatic carbocycles. The van der Waals surface area contributed by atoms with Crippen LogP contribution in [0.1, 0.15) is 35.0 Å². The molecule has 0 radical (unpaired) electrons. The third-order valence-corrected chi connectivity index (χ3v) is 2.43. The maximum atomic E-state index is 12.0. The molecule has 2 aromatic heterocycles. The summed E-state index contributed by atoms with van der Waals surface area (Å²) in [6, 6.07) is 0. The monoisotopic (exact) mass is 249 g/mol. The third-order valence-electron chi connectivity index (χ3n) is 2.43. The maximum absolute atomic E-state index is 12.0. The number of amides is 1. The molecule has 2 N–H and O–H groups in total. The number of rotatable bonds is 4. The van der Waals surface area contributed by atoms with E-state index >= 15 is 0 Å². The molecule has 1 amide bonds. The fraction of sp³-hybridized carbons (Fsp3) is 0.500. The van der Waals surface area contributed by atoms with Gasteiger partial charge in [-0.25, -0.2) is 9.97 Å². The summed E-state index contributed by atoms with van der Waals surface area (Å²) in [7, 11) is 1.66. The summed E-state index contributed by atoms with van der Waals surface area (Å²) in [4.78, 5) is 21.7. The fourth-order valence-electron chi connectivity index (χ4n) is 1.46. The van der Waals surface area contributed by atoms with Gasteiger partial charge in [0.1, 0.15) is 11.6 Å². The van der Waals surface area contributed by atoms with Gasteiger partial charge < -0.3 is 4.90 Å². The third kappa shape index (κ3) is 2.53. The van der Waals surface area contributed by atoms with Gasteiger partial charge in [-0.3, -0.25) is 15.0 Å². The van der Waals surface area contributed by atoms with Crippen molar-refractivity contribution in [2.24, 2.45) is 0 Å². The second-order valence-corrected chi connectivity index (χ2v) is 3.96. The first-order valence-electron chi connectivity index (χ1n) is 5.64. The SMILES string of the molecule is CCc1nc(C(=O)N(C)Cc2n[nH]c(C)n2)n[nH]1. The van der Waals surface area contributed by atoms with Crippen LogP contribution in [0.25, 0.3) is 0 Å². The molecule has 0 fully saturated rings. The molecule has 8 nitrogen and oxygen atoms in total. The largest absolute Gasteiger partial charge is 0.331 e. The zero-order valence-electron chi connectivity index (χ0n) is 10.6. The Bertz CT molecular complexity index is 544. The Hall–Kier alpha value is -2.25. The van der Waals surface area contributed by atoms with E-state index in [0.29, 0.717) is 24.6 Å². The number of carbonyl (C=O) groups excluding carboxylic acids is 1. The van der Waals surface area contributed by atoms with Crippen LogP contribution in [0.3, 0.4) is 0 Å². The van der Waals surface area contributed by atoms with Gasteiger partial charge in [-0.2, -0.15) is 5.10 Å². The predicted molar refractivity (Wildman–Crippen MR) is 62.7 cm³/mol. The number of hydrogen-bond donors (Lipinski definition) is 2. The van der Waals surface area contributed by atoms with Crippen molar-refractivity contribution < 1.29 is 4.79 Å². The van der Waals surface area contributed by atoms with E-state index < -0.39 is 0 Å². The Morgan fingerprint density at radius 3 is 2.61 bits per heavy atom. The van der Waals surface area contributed by atoms with Gasteiger partial charge in [0, 0.05) is 13.5 Å². The Morgan fingerprint density at radius 2 is 2.06 bits per heavy atom. The summed E-state index contributed by atoms with van der Waals surface area (Å²) in [6.07, 6.45) is 0.712. The molecule has 0 saturated heterocycles. The summed E-state index contributed by atoms with van der Waals surface area (Å²) in [6.45, 7) is 4.06. The Morgan fingerprint density at radius 1 is 1.28 bits per heavy atom. The van der Waals surface area contributed by atoms with Gasteiger partial charge in [0.25, 0.3) is 5.91 Å². The highest BCUT2D eigenvalue weighted by Gasteiger charge is 2.18. The normalized spacial score (nSPS) is 10.6. The van der Waals surface area contributed by atoms with Crippen molar-refractivity contribution in [1.82, 2.24) is 35.3 Å². The molecule has 2 rings (SSSR count). The van der Waals surface area contributed by atoms with Gasteiger partial charge in [0.15, 0.2) is 5.82 Å². The molecule has 0 saturated carbocycles. The average Bonchev–Trinajstić information content (AvgIpc) is 2.97. The van der Waals surface area contributed by atoms with Gasteiger partial charge in [-0.05, 0) is 6.92 Å². The van der Waals surface area contributed by atoms with Crippen LogP contribution in [-0.4, -0.2) is 48.2 Å². The molecule has 2 heterocycles. The van der Waals surface area contributed by atoms with E-state index in [-0.39, 0.29) is 11.7 Å². The first-order valence-corrected chi connectivity index (χ1v) is 5.64. The fourth-order valence-corrected chi connectivity index (χ4v) is 1.46. The van der Waals surface area contributed by atoms with Crippen LogP contribution in [0.2, 0.25) is 0 Å². The van der Waals surface area contributed by atoms with Crippen LogP contribution in [-0.2, 0) is 13.0 Å². The maximum Gasteiger partial charge on any atom is 0.293 e. The van der Waals surface area contributed by atoms with Gasteiger partial charge in [-0.15, -0.1) is 5.10 Å². The summed E-state index contributed by atoms with van der Waals surface area (Å²) >= 11 is 0. The Labute approximate surface area is 104 Å². The van der Waals surface area contributed by atoms with Gasteiger partial charge >= 0.3 is 0 Å². The standard InChI is InChI=1S/C10H15N7O/c1-4-7-12-9(16-14-7)10(18)17(3)5-8-11-6(2)13-15-8/h4-5H2,1-3H3,(H,11,13,15)(H,12,14,16). The average molecular weight is 249 g/mol. The van der Waals surface area contributed by atoms with Crippen LogP contribution in [0, 0.1) is 6.92 Å². The Balaban J connectivity index is 2.04. The van der Waals surface area contributed by atoms with Crippen molar-refractivity contribution in [2.45, 2.75) is 26.8 Å². The molecule has 96 valence electrons. The molecule has 2 aromatic rings. The molecule has 0 aliphatic rings. The molecule has 0 atom stereocenters. The predicted octanol–water partition coefficient (Wildman–Crippen LogP) is 0.0658. The van der Waals surface area contributed by atoms with Crippen molar-refractivity contribution in [1.29, 1.82) is 0 Å². The highest BCUT2D eigenvalue weighted by atomic mass is 16.2. The molecule has 0 bridgehead atoms. The first-order chi connectivity index (χ1) is 8.60. The summed E-state index contributed by atoms with van der Waals surface area (Å²) in [5, 5.41) is 13.3. The lowest BCUT2D eigenvalue weighted by molar-refractivity contribution is 0.0770. The number of aromatic nitrogens is 6. The van der Waals surface area contributed by atoms with Crippen LogP contribution < -0.4 is 0 Å². The first kappa shape index (κ1) is 12.2. The van der Waals surface area contributed by atoms with E-state index in [4.69, 9.17) is 0 Å². The van der Waals surface area contributed by atoms with Gasteiger partial charge in [0.05, 0.1) is 6.54 Å². The summed E-state index contributed by atoms with van der Waals surface area (Å²) in [5.41, 5.74) is 0. The highest BCUT2D eigenvalue weighted by molar-refractivity contribution is 5.90. The lowest BCUT2D eigenvalue weighted by atomic mass is 10.4. The number of aromatic amines is 2. The van der Waals surface area contributed by atoms with E-state index in [9.17, 15) is 4.79 Å². The number of H-pyrrole nitrogens is 2. The summed E-state index contributed by atoms with van der Waals surface area (Å²) in [5.74, 6) is 1.89. The van der Waals surface area contributed by atoms with E-state index in [1.807, 2.05) is 6.92 Å². The number of nitrogens with one attached hydrogen (secondary N) is 2. The topological polar surface area (TPSA) is 103 Å². The van der Waals surface area contributed by atoms with E-state index in [1.165, 1.54) is 4.90 Å². The molecular weight excluding hydrogens is 234 g/mol. The van der Waals surface area contributed by atoms with E-state index in [0.717, 1.165) is 5.82 Å². The minimum Gasteiger partial charge on any atom is -0.331 e. The Kier molecular flexibility index (Phi) is 3.35. The molecular formula is C10H15N7O. The lowest BCUT2D eigenvalue weighted by Crippen LogP contribution is -2.27. The lowest BCUT2D eigenvalue weighted by Gasteiger charge is -2.12. The van der Waals surface area contributed by atoms with E-state index in [1.54, 1.807) is 14.0 Å². The van der Waals surface area contributed by atoms with Crippen LogP contribution in [0.5, 0.6) is 0 Å². The summed E-state index contributed by atoms with van der Waals surface area (Å²) < 4.78 is 0. The van der Waals surface area contributed by atoms with Crippen molar-refractivity contribution in [2.75, 3.05) is 7.05 Å². The number of nitrogens with zero attached hydrogens (tertiary/aromatic N) is 5. The van der Waals surface area contributed by atoms with Gasteiger partial charge in [0.2, 0.25) is 5.82 Å². The molecule has 0 aliphatic heterocycles. The number of hydrogen-bond acceptors (Lipinski definition) is 5. The zero-order chi connectivity index (χ0) is 13.1. The van der Waals surface area contributed by atoms with E-state index in [2.05, 4.69) is 30.4 Å². The molecule has 0 spiro atoms. The van der Waals surface area contributed by atoms with Crippen LogP contribution >= 0.6 is 0 Å². The smallest absolute Gasteiger partial charge is 0.293 e. The molecule has 8 heteroatoms.